The van der Waals surface area contributed by atoms with Crippen LogP contribution in [0.15, 0.2) is 36.5 Å². The van der Waals surface area contributed by atoms with Crippen LogP contribution in [-0.4, -0.2) is 46.2 Å². The number of alkyl halides is 3. The number of carbonyl (C=O) groups excluding carboxylic acids is 1. The zero-order valence-corrected chi connectivity index (χ0v) is 18.3. The van der Waals surface area contributed by atoms with Gasteiger partial charge in [0.2, 0.25) is 5.75 Å². The fraction of sp³-hybridized carbons (Fsp3) is 0.381. The third kappa shape index (κ3) is 5.96. The van der Waals surface area contributed by atoms with Crippen LogP contribution in [0.1, 0.15) is 28.3 Å². The molecule has 2 heterocycles. The molecule has 0 spiro atoms. The number of ether oxygens (including phenoxy) is 3. The number of para-hydroxylation sites is 1. The first kappa shape index (κ1) is 24.0. The second-order valence-electron chi connectivity index (χ2n) is 7.01. The maximum absolute atomic E-state index is 12.7. The molecule has 0 aliphatic carbocycles. The Labute approximate surface area is 188 Å². The van der Waals surface area contributed by atoms with Crippen LogP contribution in [0.3, 0.4) is 0 Å². The average molecular weight is 467 g/mol. The highest BCUT2D eigenvalue weighted by Crippen LogP contribution is 2.36. The summed E-state index contributed by atoms with van der Waals surface area (Å²) < 4.78 is 57.2. The first-order chi connectivity index (χ1) is 15.7. The minimum Gasteiger partial charge on any atom is -0.493 e. The summed E-state index contributed by atoms with van der Waals surface area (Å²) in [5.74, 6) is 0.992. The van der Waals surface area contributed by atoms with Gasteiger partial charge in [-0.3, -0.25) is 9.48 Å². The van der Waals surface area contributed by atoms with Gasteiger partial charge in [0.15, 0.2) is 23.9 Å². The Morgan fingerprint density at radius 3 is 2.42 bits per heavy atom. The third-order valence-electron chi connectivity index (χ3n) is 4.70. The Bertz CT molecular complexity index is 1070. The number of halogens is 3. The predicted molar refractivity (Wildman–Crippen MR) is 111 cm³/mol. The van der Waals surface area contributed by atoms with Crippen LogP contribution in [0.2, 0.25) is 0 Å². The quantitative estimate of drug-likeness (QED) is 0.460. The first-order valence-corrected chi connectivity index (χ1v) is 10.00. The van der Waals surface area contributed by atoms with Gasteiger partial charge in [0.25, 0.3) is 5.91 Å². The van der Waals surface area contributed by atoms with E-state index in [4.69, 9.17) is 14.2 Å². The molecule has 2 aromatic heterocycles. The highest BCUT2D eigenvalue weighted by molar-refractivity contribution is 5.92. The number of hydrogen-bond acceptors (Lipinski definition) is 6. The molecule has 1 aromatic carbocycles. The Balaban J connectivity index is 1.49. The monoisotopic (exact) mass is 467 g/mol. The molecule has 33 heavy (non-hydrogen) atoms. The summed E-state index contributed by atoms with van der Waals surface area (Å²) >= 11 is 0. The smallest absolute Gasteiger partial charge is 0.435 e. The second-order valence-corrected chi connectivity index (χ2v) is 7.01. The molecule has 0 saturated heterocycles. The van der Waals surface area contributed by atoms with Gasteiger partial charge < -0.3 is 19.5 Å². The van der Waals surface area contributed by atoms with E-state index in [1.165, 1.54) is 29.6 Å². The van der Waals surface area contributed by atoms with Crippen molar-refractivity contribution >= 4 is 5.91 Å². The van der Waals surface area contributed by atoms with Crippen molar-refractivity contribution in [2.75, 3.05) is 20.8 Å². The highest BCUT2D eigenvalue weighted by Gasteiger charge is 2.34. The molecule has 1 N–H and O–H groups in total. The summed E-state index contributed by atoms with van der Waals surface area (Å²) in [7, 11) is 3.03. The minimum absolute atomic E-state index is 0.0180. The van der Waals surface area contributed by atoms with Crippen LogP contribution < -0.4 is 19.5 Å². The lowest BCUT2D eigenvalue weighted by Gasteiger charge is -2.13. The number of nitrogens with one attached hydrogen (secondary N) is 1. The topological polar surface area (TPSA) is 92.4 Å². The van der Waals surface area contributed by atoms with Gasteiger partial charge in [-0.25, -0.2) is 4.68 Å². The van der Waals surface area contributed by atoms with Gasteiger partial charge in [0.1, 0.15) is 5.69 Å². The van der Waals surface area contributed by atoms with Crippen LogP contribution in [0.5, 0.6) is 17.2 Å². The fourth-order valence-corrected chi connectivity index (χ4v) is 3.04. The summed E-state index contributed by atoms with van der Waals surface area (Å²) in [6.45, 7) is 2.06. The normalized spacial score (nSPS) is 11.3. The SMILES string of the molecule is COc1cccc(OC)c1OCn1ccc(C(=O)NCCCn2nc(C(F)(F)F)cc2C)n1. The number of benzene rings is 1. The van der Waals surface area contributed by atoms with Crippen molar-refractivity contribution in [3.8, 4) is 17.2 Å². The number of nitrogens with zero attached hydrogens (tertiary/aromatic N) is 4. The molecule has 12 heteroatoms. The van der Waals surface area contributed by atoms with Gasteiger partial charge in [-0.15, -0.1) is 0 Å². The van der Waals surface area contributed by atoms with Crippen LogP contribution in [0.4, 0.5) is 13.2 Å². The van der Waals surface area contributed by atoms with Crippen LogP contribution in [0, 0.1) is 6.92 Å². The van der Waals surface area contributed by atoms with E-state index in [2.05, 4.69) is 15.5 Å². The summed E-state index contributed by atoms with van der Waals surface area (Å²) in [5.41, 5.74) is -0.346. The lowest BCUT2D eigenvalue weighted by Crippen LogP contribution is -2.26. The molecule has 0 fully saturated rings. The molecule has 9 nitrogen and oxygen atoms in total. The zero-order chi connectivity index (χ0) is 24.0. The number of amides is 1. The summed E-state index contributed by atoms with van der Waals surface area (Å²) in [5, 5.41) is 10.4. The number of hydrogen-bond donors (Lipinski definition) is 1. The van der Waals surface area contributed by atoms with Crippen molar-refractivity contribution < 1.29 is 32.2 Å². The van der Waals surface area contributed by atoms with Crippen LogP contribution in [0.25, 0.3) is 0 Å². The molecule has 0 aliphatic heterocycles. The Kier molecular flexibility index (Phi) is 7.46. The number of carbonyl (C=O) groups is 1. The van der Waals surface area contributed by atoms with E-state index in [9.17, 15) is 18.0 Å². The number of aromatic nitrogens is 4. The van der Waals surface area contributed by atoms with Crippen molar-refractivity contribution in [1.82, 2.24) is 24.9 Å². The number of rotatable bonds is 10. The summed E-state index contributed by atoms with van der Waals surface area (Å²) in [4.78, 5) is 12.3. The summed E-state index contributed by atoms with van der Waals surface area (Å²) in [6, 6.07) is 7.76. The number of methoxy groups -OCH3 is 2. The van der Waals surface area contributed by atoms with Crippen molar-refractivity contribution in [2.24, 2.45) is 0 Å². The zero-order valence-electron chi connectivity index (χ0n) is 18.3. The lowest BCUT2D eigenvalue weighted by molar-refractivity contribution is -0.141. The molecule has 0 saturated carbocycles. The van der Waals surface area contributed by atoms with Gasteiger partial charge in [0.05, 0.1) is 14.2 Å². The lowest BCUT2D eigenvalue weighted by atomic mass is 10.3. The molecule has 0 aliphatic rings. The second kappa shape index (κ2) is 10.3. The molecular weight excluding hydrogens is 443 g/mol. The maximum Gasteiger partial charge on any atom is 0.435 e. The van der Waals surface area contributed by atoms with Crippen molar-refractivity contribution in [3.63, 3.8) is 0 Å². The Hall–Kier alpha value is -3.70. The molecule has 0 unspecified atom stereocenters. The summed E-state index contributed by atoms with van der Waals surface area (Å²) in [6.07, 6.45) is -2.49. The van der Waals surface area contributed by atoms with Crippen molar-refractivity contribution in [1.29, 1.82) is 0 Å². The average Bonchev–Trinajstić information content (AvgIpc) is 3.41. The largest absolute Gasteiger partial charge is 0.493 e. The molecule has 3 rings (SSSR count). The standard InChI is InChI=1S/C21H24F3N5O4/c1-14-12-18(21(22,23)24)27-29(14)10-5-9-25-20(30)15-8-11-28(26-15)13-33-19-16(31-2)6-4-7-17(19)32-3/h4,6-8,11-12H,5,9-10,13H2,1-3H3,(H,25,30). The van der Waals surface area contributed by atoms with E-state index < -0.39 is 17.8 Å². The minimum atomic E-state index is -4.48. The van der Waals surface area contributed by atoms with Crippen molar-refractivity contribution in [2.45, 2.75) is 32.8 Å². The van der Waals surface area contributed by atoms with E-state index in [1.807, 2.05) is 0 Å². The molecule has 0 atom stereocenters. The molecular formula is C21H24F3N5O4. The first-order valence-electron chi connectivity index (χ1n) is 10.00. The predicted octanol–water partition coefficient (Wildman–Crippen LogP) is 3.28. The molecule has 0 bridgehead atoms. The van der Waals surface area contributed by atoms with Crippen molar-refractivity contribution in [3.05, 3.63) is 53.6 Å². The Morgan fingerprint density at radius 2 is 1.82 bits per heavy atom. The fourth-order valence-electron chi connectivity index (χ4n) is 3.04. The van der Waals surface area contributed by atoms with E-state index >= 15 is 0 Å². The van der Waals surface area contributed by atoms with E-state index in [0.29, 0.717) is 29.4 Å². The van der Waals surface area contributed by atoms with Crippen LogP contribution >= 0.6 is 0 Å². The van der Waals surface area contributed by atoms with E-state index in [0.717, 1.165) is 6.07 Å². The van der Waals surface area contributed by atoms with Gasteiger partial charge in [-0.05, 0) is 37.6 Å². The molecule has 178 valence electrons. The van der Waals surface area contributed by atoms with E-state index in [-0.39, 0.29) is 25.5 Å². The van der Waals surface area contributed by atoms with Crippen LogP contribution in [-0.2, 0) is 19.5 Å². The van der Waals surface area contributed by atoms with Gasteiger partial charge in [-0.1, -0.05) is 6.07 Å². The van der Waals surface area contributed by atoms with Gasteiger partial charge in [-0.2, -0.15) is 23.4 Å². The molecule has 3 aromatic rings. The highest BCUT2D eigenvalue weighted by atomic mass is 19.4. The molecule has 1 amide bonds. The maximum atomic E-state index is 12.7. The van der Waals surface area contributed by atoms with Gasteiger partial charge in [0, 0.05) is 25.0 Å². The molecule has 0 radical (unpaired) electrons. The van der Waals surface area contributed by atoms with E-state index in [1.54, 1.807) is 31.3 Å². The third-order valence-corrected chi connectivity index (χ3v) is 4.70. The number of aryl methyl sites for hydroxylation is 2. The van der Waals surface area contributed by atoms with Gasteiger partial charge >= 0.3 is 6.18 Å². The Morgan fingerprint density at radius 1 is 1.12 bits per heavy atom.